The quantitative estimate of drug-likeness (QED) is 0.544. The maximum Gasteiger partial charge on any atom is 0.129 e. The Bertz CT molecular complexity index is 705. The third kappa shape index (κ3) is 3.91. The van der Waals surface area contributed by atoms with Gasteiger partial charge in [0.05, 0.1) is 17.7 Å². The van der Waals surface area contributed by atoms with Crippen LogP contribution < -0.4 is 4.74 Å². The van der Waals surface area contributed by atoms with Crippen molar-refractivity contribution in [1.82, 2.24) is 0 Å². The van der Waals surface area contributed by atoms with Crippen LogP contribution in [0.4, 0.5) is 0 Å². The van der Waals surface area contributed by atoms with Crippen molar-refractivity contribution in [3.05, 3.63) is 53.1 Å². The van der Waals surface area contributed by atoms with Crippen molar-refractivity contribution in [2.45, 2.75) is 19.6 Å². The fourth-order valence-electron chi connectivity index (χ4n) is 1.99. The first kappa shape index (κ1) is 15.7. The largest absolute Gasteiger partial charge is 0.496 e. The molecule has 0 aromatic heterocycles. The first-order valence-electron chi connectivity index (χ1n) is 6.87. The molecule has 0 unspecified atom stereocenters. The number of hydrogen-bond acceptors (Lipinski definition) is 1. The van der Waals surface area contributed by atoms with E-state index in [0.29, 0.717) is 5.02 Å². The number of benzene rings is 2. The highest BCUT2D eigenvalue weighted by Gasteiger charge is 2.13. The van der Waals surface area contributed by atoms with Gasteiger partial charge >= 0.3 is 0 Å². The number of para-hydroxylation sites is 1. The topological polar surface area (TPSA) is 9.23 Å². The third-order valence-electron chi connectivity index (χ3n) is 2.97. The van der Waals surface area contributed by atoms with Gasteiger partial charge in [-0.3, -0.25) is 0 Å². The Morgan fingerprint density at radius 1 is 0.952 bits per heavy atom. The van der Waals surface area contributed by atoms with Crippen LogP contribution in [0.1, 0.15) is 5.56 Å². The summed E-state index contributed by atoms with van der Waals surface area (Å²) in [4.78, 5) is 0. The number of hydrogen-bond donors (Lipinski definition) is 0. The van der Waals surface area contributed by atoms with E-state index in [1.165, 1.54) is 0 Å². The second-order valence-corrected chi connectivity index (χ2v) is 11.0. The molecule has 2 aromatic carbocycles. The van der Waals surface area contributed by atoms with Crippen LogP contribution >= 0.6 is 11.6 Å². The van der Waals surface area contributed by atoms with Crippen LogP contribution in [0.5, 0.6) is 5.75 Å². The van der Waals surface area contributed by atoms with E-state index in [1.807, 2.05) is 42.5 Å². The second kappa shape index (κ2) is 6.38. The molecule has 0 fully saturated rings. The van der Waals surface area contributed by atoms with Gasteiger partial charge < -0.3 is 4.74 Å². The Balaban J connectivity index is 2.64. The van der Waals surface area contributed by atoms with Crippen molar-refractivity contribution in [2.75, 3.05) is 7.11 Å². The average molecular weight is 315 g/mol. The minimum absolute atomic E-state index is 0.684. The lowest BCUT2D eigenvalue weighted by molar-refractivity contribution is 0.416. The summed E-state index contributed by atoms with van der Waals surface area (Å²) in [7, 11) is 0.218. The van der Waals surface area contributed by atoms with Crippen molar-refractivity contribution in [3.63, 3.8) is 0 Å². The van der Waals surface area contributed by atoms with Crippen molar-refractivity contribution >= 4 is 19.7 Å². The Kier molecular flexibility index (Phi) is 4.77. The summed E-state index contributed by atoms with van der Waals surface area (Å²) >= 11 is 6.38. The Morgan fingerprint density at radius 3 is 2.29 bits per heavy atom. The van der Waals surface area contributed by atoms with Gasteiger partial charge in [-0.25, -0.2) is 0 Å². The van der Waals surface area contributed by atoms with Crippen LogP contribution in [0.15, 0.2) is 42.5 Å². The normalized spacial score (nSPS) is 10.7. The smallest absolute Gasteiger partial charge is 0.129 e. The van der Waals surface area contributed by atoms with E-state index in [-0.39, 0.29) is 0 Å². The van der Waals surface area contributed by atoms with E-state index in [9.17, 15) is 0 Å². The Labute approximate surface area is 132 Å². The predicted octanol–water partition coefficient (Wildman–Crippen LogP) is 5.24. The number of rotatable bonds is 2. The van der Waals surface area contributed by atoms with Gasteiger partial charge in [-0.2, -0.15) is 0 Å². The standard InChI is InChI=1S/C18H19ClOSi/c1-20-18-11-6-5-8-16(18)14-9-7-10-17(19)15(14)12-13-21(2,3)4/h5-11H,1-4H3. The molecule has 0 spiro atoms. The van der Waals surface area contributed by atoms with Gasteiger partial charge in [0.2, 0.25) is 0 Å². The predicted molar refractivity (Wildman–Crippen MR) is 93.7 cm³/mol. The molecule has 0 N–H and O–H groups in total. The molecule has 0 aliphatic heterocycles. The van der Waals surface area contributed by atoms with Gasteiger partial charge in [0.15, 0.2) is 0 Å². The Hall–Kier alpha value is -1.69. The zero-order chi connectivity index (χ0) is 15.5. The van der Waals surface area contributed by atoms with Gasteiger partial charge in [0.25, 0.3) is 0 Å². The van der Waals surface area contributed by atoms with E-state index in [1.54, 1.807) is 7.11 Å². The van der Waals surface area contributed by atoms with Crippen molar-refractivity contribution in [2.24, 2.45) is 0 Å². The first-order chi connectivity index (χ1) is 9.92. The van der Waals surface area contributed by atoms with Crippen molar-refractivity contribution in [1.29, 1.82) is 0 Å². The van der Waals surface area contributed by atoms with Crippen LogP contribution in [-0.4, -0.2) is 15.2 Å². The summed E-state index contributed by atoms with van der Waals surface area (Å²) in [5, 5.41) is 0.684. The second-order valence-electron chi connectivity index (χ2n) is 5.86. The van der Waals surface area contributed by atoms with Crippen LogP contribution in [0, 0.1) is 11.5 Å². The lowest BCUT2D eigenvalue weighted by Gasteiger charge is -2.12. The molecule has 0 aliphatic carbocycles. The first-order valence-corrected chi connectivity index (χ1v) is 10.8. The highest BCUT2D eigenvalue weighted by Crippen LogP contribution is 2.34. The van der Waals surface area contributed by atoms with E-state index in [2.05, 4.69) is 31.1 Å². The molecule has 3 heteroatoms. The minimum Gasteiger partial charge on any atom is -0.496 e. The highest BCUT2D eigenvalue weighted by molar-refractivity contribution is 6.83. The molecule has 0 heterocycles. The monoisotopic (exact) mass is 314 g/mol. The molecule has 1 nitrogen and oxygen atoms in total. The molecular formula is C18H19ClOSi. The highest BCUT2D eigenvalue weighted by atomic mass is 35.5. The summed E-state index contributed by atoms with van der Waals surface area (Å²) in [6, 6.07) is 13.8. The molecule has 21 heavy (non-hydrogen) atoms. The average Bonchev–Trinajstić information content (AvgIpc) is 2.44. The summed E-state index contributed by atoms with van der Waals surface area (Å²) in [5.41, 5.74) is 6.31. The summed E-state index contributed by atoms with van der Waals surface area (Å²) in [5.74, 6) is 4.12. The van der Waals surface area contributed by atoms with Gasteiger partial charge in [0.1, 0.15) is 13.8 Å². The zero-order valence-electron chi connectivity index (χ0n) is 12.8. The van der Waals surface area contributed by atoms with Crippen LogP contribution in [0.25, 0.3) is 11.1 Å². The van der Waals surface area contributed by atoms with Gasteiger partial charge in [-0.1, -0.05) is 67.5 Å². The third-order valence-corrected chi connectivity index (χ3v) is 4.16. The van der Waals surface area contributed by atoms with Crippen LogP contribution in [-0.2, 0) is 0 Å². The van der Waals surface area contributed by atoms with Crippen LogP contribution in [0.2, 0.25) is 24.7 Å². The molecule has 2 rings (SSSR count). The van der Waals surface area contributed by atoms with Crippen molar-refractivity contribution in [3.8, 4) is 28.3 Å². The van der Waals surface area contributed by atoms with E-state index >= 15 is 0 Å². The van der Waals surface area contributed by atoms with Gasteiger partial charge in [-0.15, -0.1) is 5.54 Å². The number of ether oxygens (including phenoxy) is 1. The lowest BCUT2D eigenvalue weighted by Crippen LogP contribution is -2.16. The molecule has 0 saturated heterocycles. The SMILES string of the molecule is COc1ccccc1-c1cccc(Cl)c1C#C[Si](C)(C)C. The molecule has 0 aliphatic rings. The maximum atomic E-state index is 6.38. The van der Waals surface area contributed by atoms with Gasteiger partial charge in [-0.05, 0) is 12.1 Å². The Morgan fingerprint density at radius 2 is 1.62 bits per heavy atom. The molecule has 108 valence electrons. The fraction of sp³-hybridized carbons (Fsp3) is 0.222. The summed E-state index contributed by atoms with van der Waals surface area (Å²) < 4.78 is 5.46. The zero-order valence-corrected chi connectivity index (χ0v) is 14.6. The number of methoxy groups -OCH3 is 1. The summed E-state index contributed by atoms with van der Waals surface area (Å²) in [6.45, 7) is 6.67. The maximum absolute atomic E-state index is 6.38. The number of halogens is 1. The fourth-order valence-corrected chi connectivity index (χ4v) is 2.71. The molecule has 0 radical (unpaired) electrons. The minimum atomic E-state index is -1.46. The van der Waals surface area contributed by atoms with E-state index < -0.39 is 8.07 Å². The van der Waals surface area contributed by atoms with Crippen LogP contribution in [0.3, 0.4) is 0 Å². The molecule has 0 amide bonds. The molecule has 2 aromatic rings. The van der Waals surface area contributed by atoms with E-state index in [4.69, 9.17) is 16.3 Å². The molecule has 0 saturated carbocycles. The molecular weight excluding hydrogens is 296 g/mol. The molecule has 0 bridgehead atoms. The van der Waals surface area contributed by atoms with Crippen molar-refractivity contribution < 1.29 is 4.74 Å². The van der Waals surface area contributed by atoms with E-state index in [0.717, 1.165) is 22.4 Å². The lowest BCUT2D eigenvalue weighted by atomic mass is 9.99. The summed E-state index contributed by atoms with van der Waals surface area (Å²) in [6.07, 6.45) is 0. The molecule has 0 atom stereocenters. The van der Waals surface area contributed by atoms with Gasteiger partial charge in [0, 0.05) is 11.1 Å².